The zero-order valence-corrected chi connectivity index (χ0v) is 12.4. The molecule has 0 radical (unpaired) electrons. The van der Waals surface area contributed by atoms with Gasteiger partial charge in [-0.3, -0.25) is 4.40 Å². The van der Waals surface area contributed by atoms with E-state index in [-0.39, 0.29) is 0 Å². The van der Waals surface area contributed by atoms with Gasteiger partial charge in [-0.1, -0.05) is 60.7 Å². The third-order valence-electron chi connectivity index (χ3n) is 3.88. The number of fused-ring (bicyclic) bond motifs is 1. The molecule has 2 aromatic carbocycles. The Kier molecular flexibility index (Phi) is 3.01. The molecule has 0 unspecified atom stereocenters. The summed E-state index contributed by atoms with van der Waals surface area (Å²) in [7, 11) is 0. The molecule has 0 fully saturated rings. The standard InChI is InChI=1S/C20H16N2/c1-15-12-13-22-18(14-15)21-19(16-8-4-2-5-9-16)20(22)17-10-6-3-7-11-17/h2-14H,1H3. The molecule has 0 spiro atoms. The molecule has 2 heterocycles. The summed E-state index contributed by atoms with van der Waals surface area (Å²) in [5.74, 6) is 0. The van der Waals surface area contributed by atoms with Gasteiger partial charge >= 0.3 is 0 Å². The van der Waals surface area contributed by atoms with Crippen molar-refractivity contribution in [3.8, 4) is 22.5 Å². The minimum atomic E-state index is 0.984. The van der Waals surface area contributed by atoms with Crippen LogP contribution in [-0.2, 0) is 0 Å². The van der Waals surface area contributed by atoms with E-state index in [2.05, 4.69) is 78.2 Å². The minimum Gasteiger partial charge on any atom is -0.299 e. The van der Waals surface area contributed by atoms with Gasteiger partial charge in [0.1, 0.15) is 5.65 Å². The van der Waals surface area contributed by atoms with Crippen LogP contribution in [0.5, 0.6) is 0 Å². The molecule has 2 nitrogen and oxygen atoms in total. The summed E-state index contributed by atoms with van der Waals surface area (Å²) in [6.07, 6.45) is 2.10. The minimum absolute atomic E-state index is 0.984. The Labute approximate surface area is 129 Å². The van der Waals surface area contributed by atoms with Crippen molar-refractivity contribution < 1.29 is 0 Å². The van der Waals surface area contributed by atoms with Gasteiger partial charge in [0.2, 0.25) is 0 Å². The highest BCUT2D eigenvalue weighted by Crippen LogP contribution is 2.32. The molecule has 0 N–H and O–H groups in total. The first-order valence-corrected chi connectivity index (χ1v) is 7.42. The average molecular weight is 284 g/mol. The van der Waals surface area contributed by atoms with Crippen molar-refractivity contribution in [1.82, 2.24) is 9.38 Å². The largest absolute Gasteiger partial charge is 0.299 e. The maximum atomic E-state index is 4.88. The highest BCUT2D eigenvalue weighted by atomic mass is 15.0. The van der Waals surface area contributed by atoms with Crippen LogP contribution in [0.25, 0.3) is 28.2 Å². The van der Waals surface area contributed by atoms with Crippen molar-refractivity contribution in [2.75, 3.05) is 0 Å². The SMILES string of the molecule is Cc1ccn2c(-c3ccccc3)c(-c3ccccc3)nc2c1. The Morgan fingerprint density at radius 1 is 0.773 bits per heavy atom. The van der Waals surface area contributed by atoms with Crippen molar-refractivity contribution in [3.05, 3.63) is 84.6 Å². The Balaban J connectivity index is 2.07. The van der Waals surface area contributed by atoms with Crippen molar-refractivity contribution in [3.63, 3.8) is 0 Å². The van der Waals surface area contributed by atoms with E-state index < -0.39 is 0 Å². The fourth-order valence-corrected chi connectivity index (χ4v) is 2.82. The number of aromatic nitrogens is 2. The molecule has 0 aliphatic rings. The number of pyridine rings is 1. The zero-order valence-electron chi connectivity index (χ0n) is 12.4. The molecule has 4 rings (SSSR count). The first-order chi connectivity index (χ1) is 10.8. The predicted molar refractivity (Wildman–Crippen MR) is 90.8 cm³/mol. The number of nitrogens with zero attached hydrogens (tertiary/aromatic N) is 2. The van der Waals surface area contributed by atoms with Gasteiger partial charge in [-0.05, 0) is 24.6 Å². The maximum absolute atomic E-state index is 4.88. The van der Waals surface area contributed by atoms with E-state index in [1.165, 1.54) is 11.1 Å². The molecule has 0 atom stereocenters. The molecule has 4 aromatic rings. The number of hydrogen-bond donors (Lipinski definition) is 0. The van der Waals surface area contributed by atoms with Gasteiger partial charge < -0.3 is 0 Å². The van der Waals surface area contributed by atoms with E-state index in [4.69, 9.17) is 4.98 Å². The van der Waals surface area contributed by atoms with Gasteiger partial charge in [0, 0.05) is 17.3 Å². The molecule has 0 aliphatic heterocycles. The van der Waals surface area contributed by atoms with Crippen LogP contribution in [0.15, 0.2) is 79.0 Å². The normalized spacial score (nSPS) is 11.0. The van der Waals surface area contributed by atoms with Crippen molar-refractivity contribution in [1.29, 1.82) is 0 Å². The topological polar surface area (TPSA) is 17.3 Å². The van der Waals surface area contributed by atoms with Crippen molar-refractivity contribution >= 4 is 5.65 Å². The quantitative estimate of drug-likeness (QED) is 0.507. The van der Waals surface area contributed by atoms with Crippen LogP contribution in [0.1, 0.15) is 5.56 Å². The van der Waals surface area contributed by atoms with Gasteiger partial charge in [-0.25, -0.2) is 4.98 Å². The van der Waals surface area contributed by atoms with Crippen LogP contribution in [0.2, 0.25) is 0 Å². The molecular formula is C20H16N2. The Morgan fingerprint density at radius 3 is 2.09 bits per heavy atom. The number of aryl methyl sites for hydroxylation is 1. The highest BCUT2D eigenvalue weighted by Gasteiger charge is 2.15. The summed E-state index contributed by atoms with van der Waals surface area (Å²) < 4.78 is 2.17. The summed E-state index contributed by atoms with van der Waals surface area (Å²) >= 11 is 0. The maximum Gasteiger partial charge on any atom is 0.138 e. The summed E-state index contributed by atoms with van der Waals surface area (Å²) in [6, 6.07) is 25.1. The predicted octanol–water partition coefficient (Wildman–Crippen LogP) is 4.98. The monoisotopic (exact) mass is 284 g/mol. The van der Waals surface area contributed by atoms with Crippen LogP contribution in [0, 0.1) is 6.92 Å². The second kappa shape index (κ2) is 5.15. The second-order valence-corrected chi connectivity index (χ2v) is 5.47. The molecule has 0 saturated carbocycles. The van der Waals surface area contributed by atoms with Crippen molar-refractivity contribution in [2.45, 2.75) is 6.92 Å². The number of hydrogen-bond acceptors (Lipinski definition) is 1. The summed E-state index contributed by atoms with van der Waals surface area (Å²) in [5, 5.41) is 0. The van der Waals surface area contributed by atoms with Crippen LogP contribution < -0.4 is 0 Å². The summed E-state index contributed by atoms with van der Waals surface area (Å²) in [5.41, 5.74) is 6.69. The molecule has 0 saturated heterocycles. The van der Waals surface area contributed by atoms with Crippen LogP contribution in [0.3, 0.4) is 0 Å². The van der Waals surface area contributed by atoms with Gasteiger partial charge in [0.15, 0.2) is 0 Å². The smallest absolute Gasteiger partial charge is 0.138 e. The summed E-state index contributed by atoms with van der Waals surface area (Å²) in [4.78, 5) is 4.88. The fraction of sp³-hybridized carbons (Fsp3) is 0.0500. The zero-order chi connectivity index (χ0) is 14.9. The van der Waals surface area contributed by atoms with E-state index in [1.54, 1.807) is 0 Å². The summed E-state index contributed by atoms with van der Waals surface area (Å²) in [6.45, 7) is 2.10. The molecule has 0 bridgehead atoms. The second-order valence-electron chi connectivity index (χ2n) is 5.47. The first-order valence-electron chi connectivity index (χ1n) is 7.42. The van der Waals surface area contributed by atoms with Crippen LogP contribution >= 0.6 is 0 Å². The number of benzene rings is 2. The van der Waals surface area contributed by atoms with Gasteiger partial charge in [-0.15, -0.1) is 0 Å². The molecule has 106 valence electrons. The van der Waals surface area contributed by atoms with E-state index in [9.17, 15) is 0 Å². The lowest BCUT2D eigenvalue weighted by Crippen LogP contribution is -1.89. The molecule has 2 aromatic heterocycles. The van der Waals surface area contributed by atoms with E-state index in [1.807, 2.05) is 12.1 Å². The molecule has 22 heavy (non-hydrogen) atoms. The third kappa shape index (κ3) is 2.09. The van der Waals surface area contributed by atoms with E-state index in [0.717, 1.165) is 22.6 Å². The van der Waals surface area contributed by atoms with Gasteiger partial charge in [0.25, 0.3) is 0 Å². The highest BCUT2D eigenvalue weighted by molar-refractivity contribution is 5.82. The molecule has 2 heteroatoms. The lowest BCUT2D eigenvalue weighted by atomic mass is 10.1. The van der Waals surface area contributed by atoms with E-state index in [0.29, 0.717) is 0 Å². The molecule has 0 amide bonds. The van der Waals surface area contributed by atoms with Crippen molar-refractivity contribution in [2.24, 2.45) is 0 Å². The number of imidazole rings is 1. The van der Waals surface area contributed by atoms with Gasteiger partial charge in [-0.2, -0.15) is 0 Å². The molecule has 0 aliphatic carbocycles. The average Bonchev–Trinajstić information content (AvgIpc) is 2.95. The molecular weight excluding hydrogens is 268 g/mol. The first kappa shape index (κ1) is 12.8. The lowest BCUT2D eigenvalue weighted by Gasteiger charge is -2.06. The lowest BCUT2D eigenvalue weighted by molar-refractivity contribution is 1.17. The third-order valence-corrected chi connectivity index (χ3v) is 3.88. The Hall–Kier alpha value is -2.87. The Bertz CT molecular complexity index is 922. The van der Waals surface area contributed by atoms with Crippen LogP contribution in [0.4, 0.5) is 0 Å². The van der Waals surface area contributed by atoms with Crippen LogP contribution in [-0.4, -0.2) is 9.38 Å². The fourth-order valence-electron chi connectivity index (χ4n) is 2.82. The number of rotatable bonds is 2. The van der Waals surface area contributed by atoms with Gasteiger partial charge in [0.05, 0.1) is 11.4 Å². The Morgan fingerprint density at radius 2 is 1.41 bits per heavy atom. The van der Waals surface area contributed by atoms with E-state index >= 15 is 0 Å².